The molecule has 41 heavy (non-hydrogen) atoms. The Balaban J connectivity index is 1.29. The lowest BCUT2D eigenvalue weighted by Crippen LogP contribution is -2.31. The predicted octanol–water partition coefficient (Wildman–Crippen LogP) is 4.84. The number of fused-ring (bicyclic) bond motifs is 3. The van der Waals surface area contributed by atoms with Gasteiger partial charge in [0.1, 0.15) is 17.1 Å². The van der Waals surface area contributed by atoms with Gasteiger partial charge in [-0.2, -0.15) is 0 Å². The zero-order valence-electron chi connectivity index (χ0n) is 23.7. The van der Waals surface area contributed by atoms with Crippen LogP contribution >= 0.6 is 0 Å². The van der Waals surface area contributed by atoms with E-state index in [-0.39, 0.29) is 11.8 Å². The first-order valence-electron chi connectivity index (χ1n) is 14.3. The van der Waals surface area contributed by atoms with Crippen LogP contribution < -0.4 is 5.73 Å². The van der Waals surface area contributed by atoms with Crippen molar-refractivity contribution in [2.75, 3.05) is 25.5 Å². The molecule has 4 aromatic rings. The Morgan fingerprint density at radius 1 is 0.927 bits per heavy atom. The van der Waals surface area contributed by atoms with Crippen LogP contribution in [0.4, 0.5) is 5.82 Å². The van der Waals surface area contributed by atoms with Crippen molar-refractivity contribution in [2.24, 2.45) is 0 Å². The first-order chi connectivity index (χ1) is 19.9. The number of nitrogens with zero attached hydrogens (tertiary/aromatic N) is 4. The second-order valence-electron chi connectivity index (χ2n) is 10.6. The number of unbranched alkanes of at least 4 members (excludes halogenated alkanes) is 1. The SMILES string of the molecule is CCCCc1nc2c(N)nc3cc(CCCOCCCN4C(=O)C=CC4=O)ccc3c2n1Cc1ccc(O)c(C)c1. The number of aromatic hydroxyl groups is 1. The summed E-state index contributed by atoms with van der Waals surface area (Å²) in [6.45, 7) is 6.17. The highest BCUT2D eigenvalue weighted by atomic mass is 16.5. The Kier molecular flexibility index (Phi) is 8.64. The lowest BCUT2D eigenvalue weighted by atomic mass is 10.1. The Morgan fingerprint density at radius 3 is 2.44 bits per heavy atom. The zero-order chi connectivity index (χ0) is 28.9. The summed E-state index contributed by atoms with van der Waals surface area (Å²) >= 11 is 0. The Hall–Kier alpha value is -4.24. The minimum absolute atomic E-state index is 0.256. The van der Waals surface area contributed by atoms with Gasteiger partial charge in [0.15, 0.2) is 5.82 Å². The van der Waals surface area contributed by atoms with Gasteiger partial charge in [-0.25, -0.2) is 9.97 Å². The van der Waals surface area contributed by atoms with Gasteiger partial charge in [-0.3, -0.25) is 14.5 Å². The van der Waals surface area contributed by atoms with Crippen LogP contribution in [0.5, 0.6) is 5.75 Å². The molecule has 0 bridgehead atoms. The molecule has 0 radical (unpaired) electrons. The second-order valence-corrected chi connectivity index (χ2v) is 10.6. The summed E-state index contributed by atoms with van der Waals surface area (Å²) in [5, 5.41) is 11.0. The summed E-state index contributed by atoms with van der Waals surface area (Å²) < 4.78 is 7.99. The standard InChI is InChI=1S/C32H37N5O4/c1-3-4-8-27-35-30-31(37(27)20-23-10-12-26(38)21(2)18-23)24-11-9-22(19-25(24)34-32(30)33)7-5-16-41-17-6-15-36-28(39)13-14-29(36)40/h9-14,18-19,38H,3-8,15-17,20H2,1-2H3,(H2,33,34). The van der Waals surface area contributed by atoms with Crippen LogP contribution in [0.2, 0.25) is 0 Å². The third-order valence-electron chi connectivity index (χ3n) is 7.53. The number of amides is 2. The molecule has 9 heteroatoms. The molecule has 0 aliphatic carbocycles. The number of benzene rings is 2. The van der Waals surface area contributed by atoms with Crippen molar-refractivity contribution in [1.29, 1.82) is 0 Å². The molecule has 2 amide bonds. The van der Waals surface area contributed by atoms with Crippen molar-refractivity contribution in [1.82, 2.24) is 19.4 Å². The van der Waals surface area contributed by atoms with E-state index in [4.69, 9.17) is 20.4 Å². The van der Waals surface area contributed by atoms with Gasteiger partial charge in [-0.05, 0) is 61.4 Å². The average molecular weight is 556 g/mol. The van der Waals surface area contributed by atoms with Crippen LogP contribution in [-0.2, 0) is 33.7 Å². The maximum absolute atomic E-state index is 11.6. The van der Waals surface area contributed by atoms with Crippen molar-refractivity contribution in [3.8, 4) is 5.75 Å². The van der Waals surface area contributed by atoms with Gasteiger partial charge in [0, 0.05) is 50.3 Å². The maximum atomic E-state index is 11.6. The van der Waals surface area contributed by atoms with E-state index >= 15 is 0 Å². The van der Waals surface area contributed by atoms with Crippen LogP contribution in [0, 0.1) is 6.92 Å². The topological polar surface area (TPSA) is 124 Å². The number of phenolic OH excluding ortho intramolecular Hbond substituents is 1. The molecule has 2 aromatic heterocycles. The van der Waals surface area contributed by atoms with Gasteiger partial charge in [0.05, 0.1) is 11.0 Å². The van der Waals surface area contributed by atoms with Gasteiger partial charge in [0.25, 0.3) is 11.8 Å². The fourth-order valence-corrected chi connectivity index (χ4v) is 5.31. The first-order valence-corrected chi connectivity index (χ1v) is 14.3. The molecule has 0 atom stereocenters. The highest BCUT2D eigenvalue weighted by Gasteiger charge is 2.22. The molecule has 0 fully saturated rings. The molecule has 214 valence electrons. The molecule has 0 spiro atoms. The number of imidazole rings is 1. The number of pyridine rings is 1. The molecule has 1 aliphatic heterocycles. The average Bonchev–Trinajstić information content (AvgIpc) is 3.48. The molecule has 5 rings (SSSR count). The van der Waals surface area contributed by atoms with E-state index in [1.165, 1.54) is 17.1 Å². The summed E-state index contributed by atoms with van der Waals surface area (Å²) in [5.41, 5.74) is 12.1. The monoisotopic (exact) mass is 555 g/mol. The van der Waals surface area contributed by atoms with Crippen molar-refractivity contribution in [3.63, 3.8) is 0 Å². The number of rotatable bonds is 13. The summed E-state index contributed by atoms with van der Waals surface area (Å²) in [7, 11) is 0. The highest BCUT2D eigenvalue weighted by molar-refractivity contribution is 6.12. The fourth-order valence-electron chi connectivity index (χ4n) is 5.31. The molecule has 1 aliphatic rings. The molecule has 3 N–H and O–H groups in total. The van der Waals surface area contributed by atoms with E-state index < -0.39 is 0 Å². The van der Waals surface area contributed by atoms with Gasteiger partial charge < -0.3 is 20.1 Å². The number of nitrogen functional groups attached to an aromatic ring is 1. The zero-order valence-corrected chi connectivity index (χ0v) is 23.7. The van der Waals surface area contributed by atoms with Crippen LogP contribution in [0.25, 0.3) is 21.9 Å². The minimum atomic E-state index is -0.256. The molecule has 3 heterocycles. The normalized spacial score (nSPS) is 13.4. The van der Waals surface area contributed by atoms with Crippen molar-refractivity contribution >= 4 is 39.6 Å². The number of carbonyl (C=O) groups excluding carboxylic acids is 2. The third kappa shape index (κ3) is 6.25. The lowest BCUT2D eigenvalue weighted by molar-refractivity contribution is -0.136. The second kappa shape index (κ2) is 12.5. The highest BCUT2D eigenvalue weighted by Crippen LogP contribution is 2.31. The summed E-state index contributed by atoms with van der Waals surface area (Å²) in [6, 6.07) is 12.0. The van der Waals surface area contributed by atoms with Crippen LogP contribution in [0.3, 0.4) is 0 Å². The predicted molar refractivity (Wildman–Crippen MR) is 160 cm³/mol. The number of nitrogens with two attached hydrogens (primary N) is 1. The van der Waals surface area contributed by atoms with E-state index in [1.807, 2.05) is 19.1 Å². The number of aryl methyl sites for hydroxylation is 3. The Labute approximate surface area is 239 Å². The van der Waals surface area contributed by atoms with E-state index in [2.05, 4.69) is 29.7 Å². The van der Waals surface area contributed by atoms with E-state index in [1.54, 1.807) is 6.07 Å². The molecule has 2 aromatic carbocycles. The molecule has 9 nitrogen and oxygen atoms in total. The van der Waals surface area contributed by atoms with Crippen LogP contribution in [0.15, 0.2) is 48.6 Å². The lowest BCUT2D eigenvalue weighted by Gasteiger charge is -2.13. The fraction of sp³-hybridized carbons (Fsp3) is 0.375. The first kappa shape index (κ1) is 28.3. The van der Waals surface area contributed by atoms with Crippen molar-refractivity contribution < 1.29 is 19.4 Å². The summed E-state index contributed by atoms with van der Waals surface area (Å²) in [4.78, 5) is 34.1. The number of aromatic nitrogens is 3. The number of carbonyl (C=O) groups is 2. The van der Waals surface area contributed by atoms with Crippen molar-refractivity contribution in [3.05, 3.63) is 71.1 Å². The summed E-state index contributed by atoms with van der Waals surface area (Å²) in [6.07, 6.45) is 7.84. The van der Waals surface area contributed by atoms with E-state index in [9.17, 15) is 14.7 Å². The van der Waals surface area contributed by atoms with Gasteiger partial charge in [-0.15, -0.1) is 0 Å². The van der Waals surface area contributed by atoms with E-state index in [0.29, 0.717) is 44.3 Å². The number of hydrogen-bond donors (Lipinski definition) is 2. The van der Waals surface area contributed by atoms with Gasteiger partial charge >= 0.3 is 0 Å². The number of ether oxygens (including phenoxy) is 1. The van der Waals surface area contributed by atoms with Gasteiger partial charge in [0.2, 0.25) is 0 Å². The molecular weight excluding hydrogens is 518 g/mol. The molecule has 0 unspecified atom stereocenters. The molecule has 0 saturated carbocycles. The van der Waals surface area contributed by atoms with Crippen LogP contribution in [-0.4, -0.2) is 56.1 Å². The number of anilines is 1. The Morgan fingerprint density at radius 2 is 1.68 bits per heavy atom. The van der Waals surface area contributed by atoms with E-state index in [0.717, 1.165) is 76.6 Å². The quantitative estimate of drug-likeness (QED) is 0.179. The van der Waals surface area contributed by atoms with Crippen LogP contribution in [0.1, 0.15) is 55.1 Å². The smallest absolute Gasteiger partial charge is 0.253 e. The maximum Gasteiger partial charge on any atom is 0.253 e. The largest absolute Gasteiger partial charge is 0.508 e. The number of imide groups is 1. The van der Waals surface area contributed by atoms with Crippen molar-refractivity contribution in [2.45, 2.75) is 58.9 Å². The molecular formula is C32H37N5O4. The third-order valence-corrected chi connectivity index (χ3v) is 7.53. The van der Waals surface area contributed by atoms with Gasteiger partial charge in [-0.1, -0.05) is 37.6 Å². The minimum Gasteiger partial charge on any atom is -0.508 e. The molecule has 0 saturated heterocycles. The number of phenols is 1. The Bertz CT molecular complexity index is 1610. The summed E-state index contributed by atoms with van der Waals surface area (Å²) in [5.74, 6) is 1.20. The number of hydrogen-bond acceptors (Lipinski definition) is 7.